The Morgan fingerprint density at radius 3 is 2.00 bits per heavy atom. The van der Waals surface area contributed by atoms with Crippen LogP contribution in [0.25, 0.3) is 0 Å². The second kappa shape index (κ2) is 9.56. The Bertz CT molecular complexity index is 1060. The van der Waals surface area contributed by atoms with Crippen LogP contribution in [0.15, 0.2) is 83.8 Å². The molecule has 0 bridgehead atoms. The van der Waals surface area contributed by atoms with Crippen LogP contribution in [0, 0.1) is 0 Å². The second-order valence-corrected chi connectivity index (χ2v) is 8.54. The van der Waals surface area contributed by atoms with Crippen molar-refractivity contribution in [3.63, 3.8) is 0 Å². The van der Waals surface area contributed by atoms with Gasteiger partial charge in [-0.05, 0) is 29.3 Å². The van der Waals surface area contributed by atoms with Crippen molar-refractivity contribution in [2.75, 3.05) is 19.0 Å². The molecule has 3 aromatic carbocycles. The smallest absolute Gasteiger partial charge is 0.240 e. The van der Waals surface area contributed by atoms with Gasteiger partial charge in [-0.15, -0.1) is 0 Å². The number of ether oxygens (including phenoxy) is 1. The first-order valence-corrected chi connectivity index (χ1v) is 10.9. The number of amides is 1. The molecule has 0 aromatic heterocycles. The number of carbonyl (C=O) groups excluding carboxylic acids is 1. The molecule has 0 spiro atoms. The van der Waals surface area contributed by atoms with E-state index in [-0.39, 0.29) is 23.3 Å². The van der Waals surface area contributed by atoms with Gasteiger partial charge in [0.2, 0.25) is 15.9 Å². The van der Waals surface area contributed by atoms with Crippen molar-refractivity contribution in [1.82, 2.24) is 4.72 Å². The zero-order chi connectivity index (χ0) is 21.6. The first-order valence-electron chi connectivity index (χ1n) is 9.46. The lowest BCUT2D eigenvalue weighted by atomic mass is 9.92. The summed E-state index contributed by atoms with van der Waals surface area (Å²) in [4.78, 5) is 11.5. The molecule has 0 saturated carbocycles. The van der Waals surface area contributed by atoms with Crippen LogP contribution < -0.4 is 14.8 Å². The minimum Gasteiger partial charge on any atom is -0.495 e. The zero-order valence-corrected chi connectivity index (χ0v) is 17.6. The van der Waals surface area contributed by atoms with Crippen molar-refractivity contribution in [3.8, 4) is 5.75 Å². The normalized spacial score (nSPS) is 11.3. The van der Waals surface area contributed by atoms with E-state index in [4.69, 9.17) is 4.74 Å². The van der Waals surface area contributed by atoms with Crippen molar-refractivity contribution >= 4 is 21.6 Å². The van der Waals surface area contributed by atoms with Gasteiger partial charge in [-0.1, -0.05) is 60.7 Å². The molecule has 0 heterocycles. The average Bonchev–Trinajstić information content (AvgIpc) is 2.75. The number of hydrogen-bond donors (Lipinski definition) is 2. The minimum atomic E-state index is -3.81. The van der Waals surface area contributed by atoms with Gasteiger partial charge in [-0.2, -0.15) is 0 Å². The van der Waals surface area contributed by atoms with Crippen LogP contribution in [0.2, 0.25) is 0 Å². The fourth-order valence-corrected chi connectivity index (χ4v) is 4.29. The lowest BCUT2D eigenvalue weighted by molar-refractivity contribution is -0.114. The molecule has 0 aliphatic heterocycles. The van der Waals surface area contributed by atoms with E-state index in [0.717, 1.165) is 11.1 Å². The van der Waals surface area contributed by atoms with E-state index in [0.29, 0.717) is 11.4 Å². The van der Waals surface area contributed by atoms with E-state index in [1.165, 1.54) is 32.2 Å². The van der Waals surface area contributed by atoms with E-state index in [9.17, 15) is 13.2 Å². The number of hydrogen-bond acceptors (Lipinski definition) is 4. The summed E-state index contributed by atoms with van der Waals surface area (Å²) in [5.41, 5.74) is 2.33. The van der Waals surface area contributed by atoms with E-state index in [2.05, 4.69) is 10.0 Å². The highest BCUT2D eigenvalue weighted by molar-refractivity contribution is 7.89. The first kappa shape index (κ1) is 21.5. The molecule has 2 N–H and O–H groups in total. The Kier molecular flexibility index (Phi) is 6.87. The summed E-state index contributed by atoms with van der Waals surface area (Å²) < 4.78 is 33.9. The summed E-state index contributed by atoms with van der Waals surface area (Å²) in [6.45, 7) is 1.54. The predicted octanol–water partition coefficient (Wildman–Crippen LogP) is 3.76. The van der Waals surface area contributed by atoms with Gasteiger partial charge in [0.25, 0.3) is 0 Å². The van der Waals surface area contributed by atoms with E-state index in [1.807, 2.05) is 60.7 Å². The molecular formula is C23H24N2O4S. The predicted molar refractivity (Wildman–Crippen MR) is 117 cm³/mol. The molecule has 3 rings (SSSR count). The summed E-state index contributed by atoms with van der Waals surface area (Å²) in [6, 6.07) is 23.9. The lowest BCUT2D eigenvalue weighted by Crippen LogP contribution is -2.29. The van der Waals surface area contributed by atoms with Crippen LogP contribution in [0.5, 0.6) is 5.75 Å². The summed E-state index contributed by atoms with van der Waals surface area (Å²) >= 11 is 0. The number of carbonyl (C=O) groups is 1. The van der Waals surface area contributed by atoms with Crippen LogP contribution in [0.3, 0.4) is 0 Å². The number of nitrogens with one attached hydrogen (secondary N) is 2. The number of rotatable bonds is 8. The highest BCUT2D eigenvalue weighted by Crippen LogP contribution is 2.28. The van der Waals surface area contributed by atoms with Crippen molar-refractivity contribution in [2.45, 2.75) is 17.7 Å². The second-order valence-electron chi connectivity index (χ2n) is 6.77. The van der Waals surface area contributed by atoms with Crippen molar-refractivity contribution in [2.24, 2.45) is 0 Å². The summed E-state index contributed by atoms with van der Waals surface area (Å²) in [5.74, 6) is -0.0742. The van der Waals surface area contributed by atoms with Gasteiger partial charge in [-0.25, -0.2) is 13.1 Å². The molecular weight excluding hydrogens is 400 g/mol. The quantitative estimate of drug-likeness (QED) is 0.577. The van der Waals surface area contributed by atoms with Gasteiger partial charge in [0.15, 0.2) is 0 Å². The van der Waals surface area contributed by atoms with Crippen molar-refractivity contribution in [1.29, 1.82) is 0 Å². The molecule has 7 heteroatoms. The molecule has 0 aliphatic rings. The Morgan fingerprint density at radius 2 is 1.50 bits per heavy atom. The average molecular weight is 425 g/mol. The van der Waals surface area contributed by atoms with E-state index in [1.54, 1.807) is 0 Å². The molecule has 0 atom stereocenters. The van der Waals surface area contributed by atoms with Gasteiger partial charge < -0.3 is 10.1 Å². The summed E-state index contributed by atoms with van der Waals surface area (Å²) in [7, 11) is -2.36. The van der Waals surface area contributed by atoms with Gasteiger partial charge in [-0.3, -0.25) is 4.79 Å². The highest BCUT2D eigenvalue weighted by atomic mass is 32.2. The Hall–Kier alpha value is -3.16. The van der Waals surface area contributed by atoms with Crippen molar-refractivity contribution < 1.29 is 17.9 Å². The SMILES string of the molecule is COc1ccc(S(=O)(=O)NCC(c2ccccc2)c2ccccc2)cc1NC(C)=O. The molecule has 156 valence electrons. The Balaban J connectivity index is 1.87. The maximum absolute atomic E-state index is 13.0. The molecule has 1 amide bonds. The Labute approximate surface area is 177 Å². The van der Waals surface area contributed by atoms with E-state index >= 15 is 0 Å². The topological polar surface area (TPSA) is 84.5 Å². The first-order chi connectivity index (χ1) is 14.4. The third-order valence-electron chi connectivity index (χ3n) is 4.67. The highest BCUT2D eigenvalue weighted by Gasteiger charge is 2.21. The van der Waals surface area contributed by atoms with Crippen LogP contribution in [-0.4, -0.2) is 28.0 Å². The molecule has 0 aliphatic carbocycles. The van der Waals surface area contributed by atoms with Crippen LogP contribution >= 0.6 is 0 Å². The molecule has 30 heavy (non-hydrogen) atoms. The molecule has 6 nitrogen and oxygen atoms in total. The van der Waals surface area contributed by atoms with Crippen LogP contribution in [0.1, 0.15) is 24.0 Å². The number of sulfonamides is 1. The summed E-state index contributed by atoms with van der Waals surface area (Å²) in [6.07, 6.45) is 0. The maximum atomic E-state index is 13.0. The molecule has 0 fully saturated rings. The minimum absolute atomic E-state index is 0.0481. The van der Waals surface area contributed by atoms with Crippen LogP contribution in [-0.2, 0) is 14.8 Å². The molecule has 0 unspecified atom stereocenters. The molecule has 3 aromatic rings. The monoisotopic (exact) mass is 424 g/mol. The number of anilines is 1. The van der Waals surface area contributed by atoms with Crippen molar-refractivity contribution in [3.05, 3.63) is 90.0 Å². The summed E-state index contributed by atoms with van der Waals surface area (Å²) in [5, 5.41) is 2.60. The van der Waals surface area contributed by atoms with E-state index < -0.39 is 10.0 Å². The van der Waals surface area contributed by atoms with Gasteiger partial charge >= 0.3 is 0 Å². The maximum Gasteiger partial charge on any atom is 0.240 e. The number of benzene rings is 3. The zero-order valence-electron chi connectivity index (χ0n) is 16.8. The van der Waals surface area contributed by atoms with Gasteiger partial charge in [0.05, 0.1) is 17.7 Å². The van der Waals surface area contributed by atoms with Gasteiger partial charge in [0, 0.05) is 19.4 Å². The number of methoxy groups -OCH3 is 1. The largest absolute Gasteiger partial charge is 0.495 e. The lowest BCUT2D eigenvalue weighted by Gasteiger charge is -2.19. The fourth-order valence-electron chi connectivity index (χ4n) is 3.22. The third kappa shape index (κ3) is 5.25. The van der Waals surface area contributed by atoms with Crippen LogP contribution in [0.4, 0.5) is 5.69 Å². The standard InChI is InChI=1S/C23H24N2O4S/c1-17(26)25-22-15-20(13-14-23(22)29-2)30(27,28)24-16-21(18-9-5-3-6-10-18)19-11-7-4-8-12-19/h3-15,21,24H,16H2,1-2H3,(H,25,26). The Morgan fingerprint density at radius 1 is 0.933 bits per heavy atom. The molecule has 0 radical (unpaired) electrons. The van der Waals surface area contributed by atoms with Gasteiger partial charge in [0.1, 0.15) is 5.75 Å². The third-order valence-corrected chi connectivity index (χ3v) is 6.09. The fraction of sp³-hybridized carbons (Fsp3) is 0.174. The molecule has 0 saturated heterocycles.